The van der Waals surface area contributed by atoms with E-state index in [9.17, 15) is 5.11 Å². The minimum atomic E-state index is -0.282. The van der Waals surface area contributed by atoms with Crippen LogP contribution in [0.5, 0.6) is 0 Å². The van der Waals surface area contributed by atoms with E-state index in [2.05, 4.69) is 48.5 Å². The molecule has 0 aromatic rings. The molecule has 1 unspecified atom stereocenters. The van der Waals surface area contributed by atoms with Gasteiger partial charge in [0.05, 0.1) is 12.9 Å². The van der Waals surface area contributed by atoms with E-state index in [0.29, 0.717) is 5.76 Å². The van der Waals surface area contributed by atoms with Crippen molar-refractivity contribution in [3.63, 3.8) is 0 Å². The molecule has 0 saturated heterocycles. The normalized spacial score (nSPS) is 26.1. The first kappa shape index (κ1) is 15.1. The van der Waals surface area contributed by atoms with Gasteiger partial charge in [0.15, 0.2) is 0 Å². The fourth-order valence-corrected chi connectivity index (χ4v) is 2.33. The fraction of sp³-hybridized carbons (Fsp3) is 0.750. The lowest BCUT2D eigenvalue weighted by Gasteiger charge is -2.45. The summed E-state index contributed by atoms with van der Waals surface area (Å²) in [6.45, 7) is 15.0. The van der Waals surface area contributed by atoms with Crippen molar-refractivity contribution >= 4 is 0 Å². The molecule has 0 bridgehead atoms. The zero-order valence-electron chi connectivity index (χ0n) is 13.1. The maximum absolute atomic E-state index is 10.8. The molecule has 0 heterocycles. The molecule has 0 aliphatic heterocycles. The average molecular weight is 252 g/mol. The molecule has 104 valence electrons. The topological polar surface area (TPSA) is 29.5 Å². The van der Waals surface area contributed by atoms with Crippen LogP contribution in [-0.2, 0) is 4.74 Å². The third-order valence-electron chi connectivity index (χ3n) is 4.34. The highest BCUT2D eigenvalue weighted by atomic mass is 16.5. The van der Waals surface area contributed by atoms with Crippen molar-refractivity contribution in [1.82, 2.24) is 0 Å². The molecule has 1 aliphatic rings. The quantitative estimate of drug-likeness (QED) is 0.724. The Bertz CT molecular complexity index is 388. The molecule has 2 nitrogen and oxygen atoms in total. The minimum absolute atomic E-state index is 0.0222. The highest BCUT2D eigenvalue weighted by molar-refractivity contribution is 5.38. The van der Waals surface area contributed by atoms with Crippen LogP contribution in [-0.4, -0.2) is 12.2 Å². The summed E-state index contributed by atoms with van der Waals surface area (Å²) < 4.78 is 5.47. The summed E-state index contributed by atoms with van der Waals surface area (Å²) in [5, 5.41) is 10.8. The number of aliphatic hydroxyl groups is 1. The maximum Gasteiger partial charge on any atom is 0.103 e. The van der Waals surface area contributed by atoms with Gasteiger partial charge in [-0.1, -0.05) is 48.5 Å². The molecule has 18 heavy (non-hydrogen) atoms. The highest BCUT2D eigenvalue weighted by Crippen LogP contribution is 2.53. The summed E-state index contributed by atoms with van der Waals surface area (Å²) >= 11 is 0. The van der Waals surface area contributed by atoms with E-state index in [4.69, 9.17) is 4.74 Å². The zero-order valence-corrected chi connectivity index (χ0v) is 13.1. The summed E-state index contributed by atoms with van der Waals surface area (Å²) in [7, 11) is 1.71. The van der Waals surface area contributed by atoms with Gasteiger partial charge in [-0.05, 0) is 22.5 Å². The molecule has 0 radical (unpaired) electrons. The summed E-state index contributed by atoms with van der Waals surface area (Å²) in [6.07, 6.45) is 2.75. The third-order valence-corrected chi connectivity index (χ3v) is 4.34. The van der Waals surface area contributed by atoms with E-state index < -0.39 is 0 Å². The Hall–Kier alpha value is -0.920. The molecule has 1 aliphatic carbocycles. The van der Waals surface area contributed by atoms with Gasteiger partial charge in [-0.2, -0.15) is 0 Å². The Morgan fingerprint density at radius 3 is 2.00 bits per heavy atom. The second kappa shape index (κ2) is 4.32. The van der Waals surface area contributed by atoms with Gasteiger partial charge in [0.1, 0.15) is 5.76 Å². The van der Waals surface area contributed by atoms with Crippen LogP contribution in [0.1, 0.15) is 54.9 Å². The molecule has 1 atom stereocenters. The number of allylic oxidation sites excluding steroid dienone is 4. The lowest BCUT2D eigenvalue weighted by atomic mass is 9.60. The van der Waals surface area contributed by atoms with E-state index >= 15 is 0 Å². The van der Waals surface area contributed by atoms with Gasteiger partial charge in [0, 0.05) is 11.8 Å². The molecule has 1 rings (SSSR count). The smallest absolute Gasteiger partial charge is 0.103 e. The molecule has 0 aromatic heterocycles. The van der Waals surface area contributed by atoms with E-state index in [0.717, 1.165) is 17.8 Å². The predicted octanol–water partition coefficient (Wildman–Crippen LogP) is 4.83. The molecule has 2 heteroatoms. The predicted molar refractivity (Wildman–Crippen MR) is 76.4 cm³/mol. The Kier molecular flexibility index (Phi) is 3.64. The molecule has 0 fully saturated rings. The van der Waals surface area contributed by atoms with Gasteiger partial charge in [0.2, 0.25) is 0 Å². The molecule has 0 saturated carbocycles. The Morgan fingerprint density at radius 2 is 1.67 bits per heavy atom. The Morgan fingerprint density at radius 1 is 1.17 bits per heavy atom. The second-order valence-corrected chi connectivity index (χ2v) is 7.59. The maximum atomic E-state index is 10.8. The first-order valence-corrected chi connectivity index (χ1v) is 6.62. The van der Waals surface area contributed by atoms with Crippen molar-refractivity contribution in [2.24, 2.45) is 16.2 Å². The largest absolute Gasteiger partial charge is 0.511 e. The first-order chi connectivity index (χ1) is 7.93. The number of aliphatic hydroxyl groups excluding tert-OH is 1. The lowest BCUT2D eigenvalue weighted by Crippen LogP contribution is -2.39. The number of hydrogen-bond acceptors (Lipinski definition) is 2. The lowest BCUT2D eigenvalue weighted by molar-refractivity contribution is 0.0656. The number of ether oxygens (including phenoxy) is 1. The number of methoxy groups -OCH3 is 1. The molecule has 0 spiro atoms. The average Bonchev–Trinajstić information content (AvgIpc) is 2.18. The SMILES string of the molecule is COC1=CC(C(C)(C)C)=C(O)C(C)(C(C)(C)C)C1. The number of hydrogen-bond donors (Lipinski definition) is 1. The molecule has 1 N–H and O–H groups in total. The Balaban J connectivity index is 3.45. The monoisotopic (exact) mass is 252 g/mol. The summed E-state index contributed by atoms with van der Waals surface area (Å²) in [6, 6.07) is 0. The van der Waals surface area contributed by atoms with Crippen LogP contribution in [0.25, 0.3) is 0 Å². The van der Waals surface area contributed by atoms with Gasteiger partial charge in [-0.3, -0.25) is 0 Å². The standard InChI is InChI=1S/C16H28O2/c1-14(2,3)12-9-11(18-8)10-16(7,13(12)17)15(4,5)6/h9,17H,10H2,1-8H3. The van der Waals surface area contributed by atoms with Crippen LogP contribution in [0.3, 0.4) is 0 Å². The molecule has 0 aromatic carbocycles. The fourth-order valence-electron chi connectivity index (χ4n) is 2.33. The van der Waals surface area contributed by atoms with E-state index in [1.165, 1.54) is 0 Å². The van der Waals surface area contributed by atoms with Crippen LogP contribution in [0.4, 0.5) is 0 Å². The molecular weight excluding hydrogens is 224 g/mol. The van der Waals surface area contributed by atoms with Gasteiger partial charge in [-0.25, -0.2) is 0 Å². The van der Waals surface area contributed by atoms with Crippen LogP contribution < -0.4 is 0 Å². The number of rotatable bonds is 1. The van der Waals surface area contributed by atoms with Crippen molar-refractivity contribution in [2.75, 3.05) is 7.11 Å². The molecular formula is C16H28O2. The van der Waals surface area contributed by atoms with Crippen LogP contribution in [0.15, 0.2) is 23.2 Å². The van der Waals surface area contributed by atoms with Crippen molar-refractivity contribution in [3.05, 3.63) is 23.2 Å². The van der Waals surface area contributed by atoms with Crippen LogP contribution in [0, 0.1) is 16.2 Å². The van der Waals surface area contributed by atoms with E-state index in [1.54, 1.807) is 7.11 Å². The zero-order chi connectivity index (χ0) is 14.4. The van der Waals surface area contributed by atoms with E-state index in [1.807, 2.05) is 6.08 Å². The van der Waals surface area contributed by atoms with Crippen LogP contribution >= 0.6 is 0 Å². The van der Waals surface area contributed by atoms with Gasteiger partial charge >= 0.3 is 0 Å². The summed E-state index contributed by atoms with van der Waals surface area (Å²) in [5.74, 6) is 1.47. The highest BCUT2D eigenvalue weighted by Gasteiger charge is 2.46. The second-order valence-electron chi connectivity index (χ2n) is 7.59. The summed E-state index contributed by atoms with van der Waals surface area (Å²) in [4.78, 5) is 0. The van der Waals surface area contributed by atoms with E-state index in [-0.39, 0.29) is 16.2 Å². The minimum Gasteiger partial charge on any atom is -0.511 e. The van der Waals surface area contributed by atoms with Crippen molar-refractivity contribution in [3.8, 4) is 0 Å². The van der Waals surface area contributed by atoms with Crippen molar-refractivity contribution in [2.45, 2.75) is 54.9 Å². The molecule has 0 amide bonds. The van der Waals surface area contributed by atoms with Gasteiger partial charge in [-0.15, -0.1) is 0 Å². The van der Waals surface area contributed by atoms with Gasteiger partial charge in [0.25, 0.3) is 0 Å². The van der Waals surface area contributed by atoms with Crippen molar-refractivity contribution < 1.29 is 9.84 Å². The van der Waals surface area contributed by atoms with Gasteiger partial charge < -0.3 is 9.84 Å². The summed E-state index contributed by atoms with van der Waals surface area (Å²) in [5.41, 5.74) is 0.602. The Labute approximate surface area is 112 Å². The first-order valence-electron chi connectivity index (χ1n) is 6.62. The van der Waals surface area contributed by atoms with Crippen LogP contribution in [0.2, 0.25) is 0 Å². The third kappa shape index (κ3) is 2.43. The van der Waals surface area contributed by atoms with Crippen molar-refractivity contribution in [1.29, 1.82) is 0 Å².